The molecule has 36 heavy (non-hydrogen) atoms. The molecule has 2 saturated heterocycles. The van der Waals surface area contributed by atoms with Gasteiger partial charge >= 0.3 is 6.09 Å². The lowest BCUT2D eigenvalue weighted by Crippen LogP contribution is -2.45. The third-order valence-corrected chi connectivity index (χ3v) is 7.11. The number of carbonyl (C=O) groups is 2. The Balaban J connectivity index is 1.18. The molecule has 2 fully saturated rings. The van der Waals surface area contributed by atoms with Crippen molar-refractivity contribution in [1.29, 1.82) is 0 Å². The van der Waals surface area contributed by atoms with Crippen LogP contribution < -0.4 is 16.0 Å². The predicted molar refractivity (Wildman–Crippen MR) is 140 cm³/mol. The third kappa shape index (κ3) is 5.27. The zero-order valence-electron chi connectivity index (χ0n) is 20.2. The molecule has 1 aromatic heterocycles. The molecular weight excluding hydrogens is 454 g/mol. The number of benzene rings is 2. The predicted octanol–water partition coefficient (Wildman–Crippen LogP) is 4.55. The number of pyridine rings is 1. The fourth-order valence-corrected chi connectivity index (χ4v) is 5.15. The largest absolute Gasteiger partial charge is 0.445 e. The topological polar surface area (TPSA) is 101 Å². The second-order valence-corrected chi connectivity index (χ2v) is 9.68. The molecule has 0 aliphatic carbocycles. The monoisotopic (exact) mass is 485 g/mol. The van der Waals surface area contributed by atoms with E-state index >= 15 is 0 Å². The molecule has 186 valence electrons. The fourth-order valence-electron chi connectivity index (χ4n) is 5.15. The van der Waals surface area contributed by atoms with E-state index in [-0.39, 0.29) is 24.0 Å². The highest BCUT2D eigenvalue weighted by Crippen LogP contribution is 2.40. The number of amides is 2. The molecule has 1 atom stereocenters. The molecule has 2 aromatic carbocycles. The lowest BCUT2D eigenvalue weighted by molar-refractivity contribution is 0.0981. The van der Waals surface area contributed by atoms with E-state index in [1.807, 2.05) is 53.4 Å². The van der Waals surface area contributed by atoms with Gasteiger partial charge in [0.1, 0.15) is 12.4 Å². The molecule has 2 aliphatic rings. The lowest BCUT2D eigenvalue weighted by atomic mass is 9.79. The van der Waals surface area contributed by atoms with Gasteiger partial charge < -0.3 is 25.6 Å². The molecule has 0 radical (unpaired) electrons. The normalized spacial score (nSPS) is 19.3. The molecule has 3 aromatic rings. The third-order valence-electron chi connectivity index (χ3n) is 7.11. The van der Waals surface area contributed by atoms with Crippen LogP contribution in [-0.4, -0.2) is 48.1 Å². The summed E-state index contributed by atoms with van der Waals surface area (Å²) in [7, 11) is 0. The summed E-state index contributed by atoms with van der Waals surface area (Å²) < 4.78 is 5.56. The van der Waals surface area contributed by atoms with E-state index in [2.05, 4.69) is 15.2 Å². The van der Waals surface area contributed by atoms with Crippen molar-refractivity contribution in [2.45, 2.75) is 25.9 Å². The van der Waals surface area contributed by atoms with E-state index in [9.17, 15) is 9.59 Å². The van der Waals surface area contributed by atoms with Gasteiger partial charge in [0.15, 0.2) is 0 Å². The van der Waals surface area contributed by atoms with E-state index in [1.54, 1.807) is 24.4 Å². The Morgan fingerprint density at radius 3 is 2.56 bits per heavy atom. The molecule has 3 heterocycles. The van der Waals surface area contributed by atoms with Gasteiger partial charge in [-0.3, -0.25) is 4.79 Å². The minimum atomic E-state index is -0.250. The number of nitrogens with zero attached hydrogens (tertiary/aromatic N) is 3. The number of hydrogen-bond donors (Lipinski definition) is 2. The Bertz CT molecular complexity index is 1220. The van der Waals surface area contributed by atoms with Gasteiger partial charge in [-0.05, 0) is 49.1 Å². The summed E-state index contributed by atoms with van der Waals surface area (Å²) in [6.07, 6.45) is 4.41. The summed E-state index contributed by atoms with van der Waals surface area (Å²) in [6, 6.07) is 20.6. The Morgan fingerprint density at radius 2 is 1.78 bits per heavy atom. The smallest absolute Gasteiger partial charge is 0.410 e. The number of nitrogen functional groups attached to an aromatic ring is 1. The van der Waals surface area contributed by atoms with E-state index in [0.717, 1.165) is 43.7 Å². The Labute approximate surface area is 211 Å². The van der Waals surface area contributed by atoms with Gasteiger partial charge in [-0.2, -0.15) is 0 Å². The maximum absolute atomic E-state index is 12.7. The Hall–Kier alpha value is -4.07. The van der Waals surface area contributed by atoms with Crippen LogP contribution in [0.15, 0.2) is 72.9 Å². The molecule has 1 spiro atoms. The quantitative estimate of drug-likeness (QED) is 0.515. The average molecular weight is 486 g/mol. The van der Waals surface area contributed by atoms with Gasteiger partial charge in [-0.15, -0.1) is 0 Å². The summed E-state index contributed by atoms with van der Waals surface area (Å²) in [5, 5.41) is 2.83. The number of hydrogen-bond acceptors (Lipinski definition) is 6. The van der Waals surface area contributed by atoms with Crippen LogP contribution in [0.5, 0.6) is 0 Å². The van der Waals surface area contributed by atoms with Crippen LogP contribution in [0.25, 0.3) is 0 Å². The summed E-state index contributed by atoms with van der Waals surface area (Å²) >= 11 is 0. The highest BCUT2D eigenvalue weighted by Gasteiger charge is 2.43. The summed E-state index contributed by atoms with van der Waals surface area (Å²) in [5.74, 6) is 0.595. The average Bonchev–Trinajstić information content (AvgIpc) is 3.32. The maximum atomic E-state index is 12.7. The number of anilines is 3. The first-order valence-electron chi connectivity index (χ1n) is 12.3. The fraction of sp³-hybridized carbons (Fsp3) is 0.321. The van der Waals surface area contributed by atoms with Crippen LogP contribution in [0.3, 0.4) is 0 Å². The van der Waals surface area contributed by atoms with Gasteiger partial charge in [-0.25, -0.2) is 9.78 Å². The molecular formula is C28H31N5O3. The van der Waals surface area contributed by atoms with E-state index in [0.29, 0.717) is 30.0 Å². The van der Waals surface area contributed by atoms with Crippen molar-refractivity contribution in [2.75, 3.05) is 42.1 Å². The molecule has 2 aliphatic heterocycles. The van der Waals surface area contributed by atoms with E-state index < -0.39 is 0 Å². The number of nitrogens with one attached hydrogen (secondary N) is 1. The zero-order valence-corrected chi connectivity index (χ0v) is 20.2. The molecule has 8 nitrogen and oxygen atoms in total. The number of carbonyl (C=O) groups excluding carboxylic acids is 2. The second kappa shape index (κ2) is 10.3. The van der Waals surface area contributed by atoms with Crippen LogP contribution in [-0.2, 0) is 11.3 Å². The van der Waals surface area contributed by atoms with Crippen LogP contribution in [0.2, 0.25) is 0 Å². The van der Waals surface area contributed by atoms with Crippen LogP contribution in [0.4, 0.5) is 22.0 Å². The Kier molecular flexibility index (Phi) is 6.75. The Morgan fingerprint density at radius 1 is 0.972 bits per heavy atom. The van der Waals surface area contributed by atoms with E-state index in [1.165, 1.54) is 0 Å². The van der Waals surface area contributed by atoms with Gasteiger partial charge in [0.2, 0.25) is 0 Å². The SMILES string of the molecule is Nc1ccccc1NC(=O)c1ccc(N2CCC[C@@]3(CCN(C(=O)OCc4ccccc4)C3)C2)nc1. The van der Waals surface area contributed by atoms with Crippen molar-refractivity contribution in [3.63, 3.8) is 0 Å². The maximum Gasteiger partial charge on any atom is 0.410 e. The van der Waals surface area contributed by atoms with Gasteiger partial charge in [-0.1, -0.05) is 42.5 Å². The van der Waals surface area contributed by atoms with Gasteiger partial charge in [0.05, 0.1) is 16.9 Å². The molecule has 0 bridgehead atoms. The number of nitrogens with two attached hydrogens (primary N) is 1. The van der Waals surface area contributed by atoms with Crippen molar-refractivity contribution in [3.05, 3.63) is 84.1 Å². The summed E-state index contributed by atoms with van der Waals surface area (Å²) in [5.41, 5.74) is 8.52. The van der Waals surface area contributed by atoms with Crippen molar-refractivity contribution < 1.29 is 14.3 Å². The number of rotatable bonds is 5. The highest BCUT2D eigenvalue weighted by atomic mass is 16.6. The molecule has 3 N–H and O–H groups in total. The number of ether oxygens (including phenoxy) is 1. The van der Waals surface area contributed by atoms with Crippen LogP contribution in [0.1, 0.15) is 35.2 Å². The molecule has 5 rings (SSSR count). The number of aromatic nitrogens is 1. The van der Waals surface area contributed by atoms with Crippen LogP contribution >= 0.6 is 0 Å². The van der Waals surface area contributed by atoms with Crippen LogP contribution in [0, 0.1) is 5.41 Å². The highest BCUT2D eigenvalue weighted by molar-refractivity contribution is 6.05. The van der Waals surface area contributed by atoms with Crippen molar-refractivity contribution in [3.8, 4) is 0 Å². The van der Waals surface area contributed by atoms with Gasteiger partial charge in [0, 0.05) is 37.8 Å². The van der Waals surface area contributed by atoms with E-state index in [4.69, 9.17) is 10.5 Å². The first-order chi connectivity index (χ1) is 17.5. The van der Waals surface area contributed by atoms with Crippen molar-refractivity contribution in [2.24, 2.45) is 5.41 Å². The molecule has 0 saturated carbocycles. The molecule has 2 amide bonds. The standard InChI is InChI=1S/C28H31N5O3/c29-23-9-4-5-10-24(23)31-26(34)22-11-12-25(30-17-22)32-15-6-13-28(19-32)14-16-33(20-28)27(35)36-18-21-7-2-1-3-8-21/h1-5,7-12,17H,6,13-16,18-20,29H2,(H,31,34)/t28-/m1/s1. The molecule has 0 unspecified atom stereocenters. The number of likely N-dealkylation sites (tertiary alicyclic amines) is 1. The minimum Gasteiger partial charge on any atom is -0.445 e. The molecule has 8 heteroatoms. The van der Waals surface area contributed by atoms with Gasteiger partial charge in [0.25, 0.3) is 5.91 Å². The number of piperidine rings is 1. The number of para-hydroxylation sites is 2. The first kappa shape index (κ1) is 23.7. The summed E-state index contributed by atoms with van der Waals surface area (Å²) in [4.78, 5) is 34.0. The first-order valence-corrected chi connectivity index (χ1v) is 12.3. The summed E-state index contributed by atoms with van der Waals surface area (Å²) in [6.45, 7) is 3.41. The lowest BCUT2D eigenvalue weighted by Gasteiger charge is -2.40. The van der Waals surface area contributed by atoms with Crippen molar-refractivity contribution >= 4 is 29.2 Å². The van der Waals surface area contributed by atoms with Crippen molar-refractivity contribution in [1.82, 2.24) is 9.88 Å². The second-order valence-electron chi connectivity index (χ2n) is 9.68. The minimum absolute atomic E-state index is 0.0343. The zero-order chi connectivity index (χ0) is 25.0.